The van der Waals surface area contributed by atoms with Gasteiger partial charge in [-0.05, 0) is 25.5 Å². The lowest BCUT2D eigenvalue weighted by atomic mass is 10.1. The lowest BCUT2D eigenvalue weighted by Gasteiger charge is -2.20. The molecule has 2 N–H and O–H groups in total. The van der Waals surface area contributed by atoms with Gasteiger partial charge in [0.2, 0.25) is 11.8 Å². The Morgan fingerprint density at radius 2 is 2.05 bits per heavy atom. The lowest BCUT2D eigenvalue weighted by Crippen LogP contribution is -2.35. The standard InChI is InChI=1S/C16H20N2O4/c1-10(2)18-9-12(7-14(18)19)15(20)17-8-11-5-3-4-6-13(11)16(21)22/h3-6,10,12H,7-9H2,1-2H3,(H,17,20)(H,21,22). The fraction of sp³-hybridized carbons (Fsp3) is 0.438. The summed E-state index contributed by atoms with van der Waals surface area (Å²) in [4.78, 5) is 36.8. The van der Waals surface area contributed by atoms with Gasteiger partial charge in [0.25, 0.3) is 0 Å². The summed E-state index contributed by atoms with van der Waals surface area (Å²) in [6.45, 7) is 4.40. The summed E-state index contributed by atoms with van der Waals surface area (Å²) in [5, 5.41) is 11.8. The van der Waals surface area contributed by atoms with Crippen LogP contribution in [0.5, 0.6) is 0 Å². The second kappa shape index (κ2) is 6.60. The summed E-state index contributed by atoms with van der Waals surface area (Å²) in [5.74, 6) is -1.61. The van der Waals surface area contributed by atoms with E-state index in [1.165, 1.54) is 6.07 Å². The molecular weight excluding hydrogens is 284 g/mol. The van der Waals surface area contributed by atoms with Crippen molar-refractivity contribution in [2.75, 3.05) is 6.54 Å². The number of carboxylic acid groups (broad SMARTS) is 1. The fourth-order valence-corrected chi connectivity index (χ4v) is 2.62. The molecule has 0 aromatic heterocycles. The molecule has 1 aliphatic heterocycles. The Balaban J connectivity index is 1.97. The molecule has 0 spiro atoms. The average molecular weight is 304 g/mol. The van der Waals surface area contributed by atoms with Crippen molar-refractivity contribution in [1.82, 2.24) is 10.2 Å². The first-order chi connectivity index (χ1) is 10.4. The van der Waals surface area contributed by atoms with E-state index in [1.807, 2.05) is 13.8 Å². The van der Waals surface area contributed by atoms with Crippen molar-refractivity contribution in [1.29, 1.82) is 0 Å². The highest BCUT2D eigenvalue weighted by Crippen LogP contribution is 2.20. The number of carbonyl (C=O) groups excluding carboxylic acids is 2. The minimum Gasteiger partial charge on any atom is -0.478 e. The Morgan fingerprint density at radius 1 is 1.36 bits per heavy atom. The van der Waals surface area contributed by atoms with Crippen molar-refractivity contribution < 1.29 is 19.5 Å². The average Bonchev–Trinajstić information content (AvgIpc) is 2.87. The van der Waals surface area contributed by atoms with Crippen LogP contribution in [0.1, 0.15) is 36.2 Å². The van der Waals surface area contributed by atoms with E-state index >= 15 is 0 Å². The van der Waals surface area contributed by atoms with Gasteiger partial charge >= 0.3 is 5.97 Å². The van der Waals surface area contributed by atoms with Crippen LogP contribution in [0.15, 0.2) is 24.3 Å². The zero-order valence-electron chi connectivity index (χ0n) is 12.7. The Hall–Kier alpha value is -2.37. The maximum atomic E-state index is 12.2. The quantitative estimate of drug-likeness (QED) is 0.857. The van der Waals surface area contributed by atoms with E-state index in [-0.39, 0.29) is 42.3 Å². The molecule has 1 atom stereocenters. The van der Waals surface area contributed by atoms with Crippen LogP contribution in [-0.2, 0) is 16.1 Å². The number of likely N-dealkylation sites (tertiary alicyclic amines) is 1. The molecule has 1 saturated heterocycles. The second-order valence-electron chi connectivity index (χ2n) is 5.72. The van der Waals surface area contributed by atoms with Gasteiger partial charge in [-0.25, -0.2) is 4.79 Å². The van der Waals surface area contributed by atoms with Crippen LogP contribution in [-0.4, -0.2) is 40.4 Å². The number of aromatic carboxylic acids is 1. The van der Waals surface area contributed by atoms with Crippen LogP contribution in [0.25, 0.3) is 0 Å². The molecule has 1 aliphatic rings. The Labute approximate surface area is 129 Å². The second-order valence-corrected chi connectivity index (χ2v) is 5.72. The molecule has 118 valence electrons. The third kappa shape index (κ3) is 3.44. The van der Waals surface area contributed by atoms with Gasteiger partial charge in [-0.15, -0.1) is 0 Å². The highest BCUT2D eigenvalue weighted by molar-refractivity contribution is 5.91. The van der Waals surface area contributed by atoms with Gasteiger partial charge in [-0.1, -0.05) is 18.2 Å². The SMILES string of the molecule is CC(C)N1CC(C(=O)NCc2ccccc2C(=O)O)CC1=O. The number of benzene rings is 1. The molecule has 1 unspecified atom stereocenters. The van der Waals surface area contributed by atoms with Crippen molar-refractivity contribution in [3.63, 3.8) is 0 Å². The van der Waals surface area contributed by atoms with E-state index < -0.39 is 5.97 Å². The van der Waals surface area contributed by atoms with Gasteiger partial charge in [0, 0.05) is 25.6 Å². The molecule has 22 heavy (non-hydrogen) atoms. The predicted molar refractivity (Wildman–Crippen MR) is 80.2 cm³/mol. The molecule has 1 heterocycles. The van der Waals surface area contributed by atoms with Crippen molar-refractivity contribution in [3.8, 4) is 0 Å². The summed E-state index contributed by atoms with van der Waals surface area (Å²) in [5.41, 5.74) is 0.725. The molecule has 0 aliphatic carbocycles. The van der Waals surface area contributed by atoms with E-state index in [1.54, 1.807) is 23.1 Å². The van der Waals surface area contributed by atoms with Gasteiger partial charge in [0.1, 0.15) is 0 Å². The van der Waals surface area contributed by atoms with Crippen LogP contribution in [0.2, 0.25) is 0 Å². The van der Waals surface area contributed by atoms with Crippen LogP contribution in [0.4, 0.5) is 0 Å². The zero-order chi connectivity index (χ0) is 16.3. The predicted octanol–water partition coefficient (Wildman–Crippen LogP) is 1.26. The summed E-state index contributed by atoms with van der Waals surface area (Å²) < 4.78 is 0. The highest BCUT2D eigenvalue weighted by atomic mass is 16.4. The van der Waals surface area contributed by atoms with Gasteiger partial charge in [-0.2, -0.15) is 0 Å². The molecule has 2 amide bonds. The third-order valence-corrected chi connectivity index (χ3v) is 3.85. The molecule has 1 fully saturated rings. The van der Waals surface area contributed by atoms with Crippen molar-refractivity contribution >= 4 is 17.8 Å². The fourth-order valence-electron chi connectivity index (χ4n) is 2.62. The number of nitrogens with zero attached hydrogens (tertiary/aromatic N) is 1. The molecule has 2 rings (SSSR count). The van der Waals surface area contributed by atoms with Gasteiger partial charge in [-0.3, -0.25) is 9.59 Å². The monoisotopic (exact) mass is 304 g/mol. The van der Waals surface area contributed by atoms with E-state index in [0.29, 0.717) is 12.1 Å². The number of amides is 2. The van der Waals surface area contributed by atoms with E-state index in [2.05, 4.69) is 5.32 Å². The van der Waals surface area contributed by atoms with E-state index in [0.717, 1.165) is 0 Å². The lowest BCUT2D eigenvalue weighted by molar-refractivity contribution is -0.130. The van der Waals surface area contributed by atoms with Crippen molar-refractivity contribution in [3.05, 3.63) is 35.4 Å². The molecular formula is C16H20N2O4. The molecule has 6 heteroatoms. The van der Waals surface area contributed by atoms with Crippen LogP contribution in [0, 0.1) is 5.92 Å². The molecule has 0 bridgehead atoms. The topological polar surface area (TPSA) is 86.7 Å². The molecule has 6 nitrogen and oxygen atoms in total. The summed E-state index contributed by atoms with van der Waals surface area (Å²) in [6, 6.07) is 6.63. The van der Waals surface area contributed by atoms with Crippen molar-refractivity contribution in [2.45, 2.75) is 32.9 Å². The first-order valence-corrected chi connectivity index (χ1v) is 7.28. The summed E-state index contributed by atoms with van der Waals surface area (Å²) >= 11 is 0. The number of carboxylic acids is 1. The van der Waals surface area contributed by atoms with Crippen LogP contribution >= 0.6 is 0 Å². The molecule has 0 saturated carbocycles. The Bertz CT molecular complexity index is 598. The van der Waals surface area contributed by atoms with Gasteiger partial charge < -0.3 is 15.3 Å². The van der Waals surface area contributed by atoms with Gasteiger partial charge in [0.15, 0.2) is 0 Å². The Kier molecular flexibility index (Phi) is 4.80. The van der Waals surface area contributed by atoms with Crippen LogP contribution in [0.3, 0.4) is 0 Å². The largest absolute Gasteiger partial charge is 0.478 e. The first-order valence-electron chi connectivity index (χ1n) is 7.28. The zero-order valence-corrected chi connectivity index (χ0v) is 12.7. The summed E-state index contributed by atoms with van der Waals surface area (Å²) in [6.07, 6.45) is 0.213. The highest BCUT2D eigenvalue weighted by Gasteiger charge is 2.35. The first kappa shape index (κ1) is 16.0. The Morgan fingerprint density at radius 3 is 2.64 bits per heavy atom. The van der Waals surface area contributed by atoms with Crippen LogP contribution < -0.4 is 5.32 Å². The number of hydrogen-bond donors (Lipinski definition) is 2. The van der Waals surface area contributed by atoms with Crippen molar-refractivity contribution in [2.24, 2.45) is 5.92 Å². The minimum atomic E-state index is -1.02. The number of carbonyl (C=O) groups is 3. The summed E-state index contributed by atoms with van der Waals surface area (Å²) in [7, 11) is 0. The number of nitrogens with one attached hydrogen (secondary N) is 1. The maximum absolute atomic E-state index is 12.2. The number of rotatable bonds is 5. The molecule has 1 aromatic carbocycles. The maximum Gasteiger partial charge on any atom is 0.336 e. The van der Waals surface area contributed by atoms with E-state index in [9.17, 15) is 14.4 Å². The normalized spacial score (nSPS) is 17.9. The number of hydrogen-bond acceptors (Lipinski definition) is 3. The van der Waals surface area contributed by atoms with Gasteiger partial charge in [0.05, 0.1) is 11.5 Å². The molecule has 0 radical (unpaired) electrons. The minimum absolute atomic E-state index is 0.0129. The van der Waals surface area contributed by atoms with E-state index in [4.69, 9.17) is 5.11 Å². The third-order valence-electron chi connectivity index (χ3n) is 3.85. The smallest absolute Gasteiger partial charge is 0.336 e. The molecule has 1 aromatic rings.